The van der Waals surface area contributed by atoms with Crippen molar-refractivity contribution < 1.29 is 5.21 Å². The van der Waals surface area contributed by atoms with Crippen LogP contribution in [0, 0.1) is 5.41 Å². The topological polar surface area (TPSA) is 100.0 Å². The summed E-state index contributed by atoms with van der Waals surface area (Å²) in [5.41, 5.74) is 6.17. The quantitative estimate of drug-likeness (QED) is 0.475. The van der Waals surface area contributed by atoms with Gasteiger partial charge in [0.25, 0.3) is 5.62 Å². The Kier molecular flexibility index (Phi) is 2.59. The van der Waals surface area contributed by atoms with Crippen LogP contribution in [0.1, 0.15) is 24.5 Å². The highest BCUT2D eigenvalue weighted by Gasteiger charge is 2.17. The minimum absolute atomic E-state index is 0.170. The van der Waals surface area contributed by atoms with Crippen LogP contribution in [-0.2, 0) is 0 Å². The minimum Gasteiger partial charge on any atom is -0.423 e. The molecule has 2 rings (SSSR count). The zero-order valence-electron chi connectivity index (χ0n) is 8.40. The van der Waals surface area contributed by atoms with Crippen LogP contribution in [0.4, 0.5) is 5.82 Å². The SMILES string of the molecule is N=c1nc(C2CCNCC2)cc(N)n1O. The smallest absolute Gasteiger partial charge is 0.257 e. The summed E-state index contributed by atoms with van der Waals surface area (Å²) < 4.78 is 0.588. The molecule has 0 bridgehead atoms. The van der Waals surface area contributed by atoms with Gasteiger partial charge in [0.15, 0.2) is 0 Å². The lowest BCUT2D eigenvalue weighted by Crippen LogP contribution is -2.30. The highest BCUT2D eigenvalue weighted by Crippen LogP contribution is 2.23. The van der Waals surface area contributed by atoms with E-state index in [1.54, 1.807) is 6.07 Å². The average molecular weight is 209 g/mol. The van der Waals surface area contributed by atoms with E-state index in [2.05, 4.69) is 10.3 Å². The van der Waals surface area contributed by atoms with Gasteiger partial charge in [-0.1, -0.05) is 0 Å². The molecule has 0 unspecified atom stereocenters. The van der Waals surface area contributed by atoms with Crippen LogP contribution in [0.5, 0.6) is 0 Å². The zero-order valence-corrected chi connectivity index (χ0v) is 8.40. The molecule has 0 saturated carbocycles. The van der Waals surface area contributed by atoms with E-state index in [-0.39, 0.29) is 11.4 Å². The molecule has 0 radical (unpaired) electrons. The van der Waals surface area contributed by atoms with Crippen molar-refractivity contribution in [3.8, 4) is 0 Å². The molecule has 6 heteroatoms. The molecule has 0 amide bonds. The Morgan fingerprint density at radius 1 is 1.53 bits per heavy atom. The highest BCUT2D eigenvalue weighted by atomic mass is 16.5. The number of hydrogen-bond donors (Lipinski definition) is 4. The first-order valence-corrected chi connectivity index (χ1v) is 5.02. The number of hydrogen-bond acceptors (Lipinski definition) is 5. The largest absolute Gasteiger partial charge is 0.423 e. The maximum absolute atomic E-state index is 9.26. The Morgan fingerprint density at radius 2 is 2.20 bits per heavy atom. The standard InChI is InChI=1S/C9H15N5O/c10-8-5-7(13-9(11)14(8)15)6-1-3-12-4-2-6/h5-6,11-12,15H,1-4,10H2. The van der Waals surface area contributed by atoms with Crippen molar-refractivity contribution in [2.24, 2.45) is 0 Å². The molecule has 0 spiro atoms. The number of anilines is 1. The summed E-state index contributed by atoms with van der Waals surface area (Å²) in [4.78, 5) is 4.03. The van der Waals surface area contributed by atoms with Crippen LogP contribution in [0.25, 0.3) is 0 Å². The van der Waals surface area contributed by atoms with Crippen molar-refractivity contribution in [1.82, 2.24) is 15.0 Å². The van der Waals surface area contributed by atoms with Crippen molar-refractivity contribution >= 4 is 5.82 Å². The maximum Gasteiger partial charge on any atom is 0.257 e. The monoisotopic (exact) mass is 209 g/mol. The van der Waals surface area contributed by atoms with Crippen LogP contribution in [0.15, 0.2) is 6.07 Å². The van der Waals surface area contributed by atoms with Crippen molar-refractivity contribution in [3.63, 3.8) is 0 Å². The number of nitrogens with zero attached hydrogens (tertiary/aromatic N) is 2. The fourth-order valence-corrected chi connectivity index (χ4v) is 1.86. The van der Waals surface area contributed by atoms with Crippen LogP contribution in [0.2, 0.25) is 0 Å². The normalized spacial score (nSPS) is 17.9. The molecule has 2 heterocycles. The predicted molar refractivity (Wildman–Crippen MR) is 54.5 cm³/mol. The van der Waals surface area contributed by atoms with Crippen LogP contribution in [0.3, 0.4) is 0 Å². The van der Waals surface area contributed by atoms with Crippen molar-refractivity contribution in [1.29, 1.82) is 5.41 Å². The number of aromatic nitrogens is 2. The van der Waals surface area contributed by atoms with Crippen LogP contribution >= 0.6 is 0 Å². The van der Waals surface area contributed by atoms with E-state index in [4.69, 9.17) is 11.1 Å². The Hall–Kier alpha value is -1.56. The van der Waals surface area contributed by atoms with Crippen LogP contribution < -0.4 is 16.7 Å². The van der Waals surface area contributed by atoms with Crippen LogP contribution in [-0.4, -0.2) is 28.0 Å². The molecule has 1 aliphatic rings. The van der Waals surface area contributed by atoms with Gasteiger partial charge in [0.05, 0.1) is 5.69 Å². The van der Waals surface area contributed by atoms with Crippen molar-refractivity contribution in [2.45, 2.75) is 18.8 Å². The molecule has 1 aromatic rings. The number of nitrogens with two attached hydrogens (primary N) is 1. The fourth-order valence-electron chi connectivity index (χ4n) is 1.86. The number of nitrogens with one attached hydrogen (secondary N) is 2. The van der Waals surface area contributed by atoms with Gasteiger partial charge in [-0.2, -0.15) is 0 Å². The van der Waals surface area contributed by atoms with Gasteiger partial charge < -0.3 is 16.3 Å². The molecular weight excluding hydrogens is 194 g/mol. The number of piperidine rings is 1. The molecule has 82 valence electrons. The summed E-state index contributed by atoms with van der Waals surface area (Å²) >= 11 is 0. The molecule has 0 aliphatic carbocycles. The van der Waals surface area contributed by atoms with E-state index in [0.29, 0.717) is 10.6 Å². The average Bonchev–Trinajstić information content (AvgIpc) is 2.26. The van der Waals surface area contributed by atoms with Gasteiger partial charge in [0.1, 0.15) is 5.82 Å². The molecule has 1 aliphatic heterocycles. The van der Waals surface area contributed by atoms with E-state index in [1.807, 2.05) is 0 Å². The molecular formula is C9H15N5O. The number of nitrogen functional groups attached to an aromatic ring is 1. The first-order valence-electron chi connectivity index (χ1n) is 5.02. The Bertz CT molecular complexity index is 407. The lowest BCUT2D eigenvalue weighted by atomic mass is 9.94. The van der Waals surface area contributed by atoms with Gasteiger partial charge in [0, 0.05) is 12.0 Å². The summed E-state index contributed by atoms with van der Waals surface area (Å²) in [6, 6.07) is 1.65. The molecule has 6 nitrogen and oxygen atoms in total. The second-order valence-electron chi connectivity index (χ2n) is 3.77. The van der Waals surface area contributed by atoms with Gasteiger partial charge in [-0.25, -0.2) is 4.98 Å². The van der Waals surface area contributed by atoms with Crippen molar-refractivity contribution in [3.05, 3.63) is 17.4 Å². The van der Waals surface area contributed by atoms with Gasteiger partial charge in [-0.3, -0.25) is 5.41 Å². The van der Waals surface area contributed by atoms with Gasteiger partial charge >= 0.3 is 0 Å². The lowest BCUT2D eigenvalue weighted by molar-refractivity contribution is 0.170. The van der Waals surface area contributed by atoms with Gasteiger partial charge in [-0.05, 0) is 25.9 Å². The number of rotatable bonds is 1. The van der Waals surface area contributed by atoms with Gasteiger partial charge in [-0.15, -0.1) is 4.73 Å². The second kappa shape index (κ2) is 3.90. The lowest BCUT2D eigenvalue weighted by Gasteiger charge is -2.22. The zero-order chi connectivity index (χ0) is 10.8. The Morgan fingerprint density at radius 3 is 2.80 bits per heavy atom. The second-order valence-corrected chi connectivity index (χ2v) is 3.77. The first-order chi connectivity index (χ1) is 7.18. The van der Waals surface area contributed by atoms with Crippen molar-refractivity contribution in [2.75, 3.05) is 18.8 Å². The first kappa shape index (κ1) is 9.97. The summed E-state index contributed by atoms with van der Waals surface area (Å²) in [6.07, 6.45) is 2.00. The molecule has 1 saturated heterocycles. The van der Waals surface area contributed by atoms with E-state index >= 15 is 0 Å². The molecule has 1 fully saturated rings. The van der Waals surface area contributed by atoms with E-state index in [0.717, 1.165) is 31.6 Å². The predicted octanol–water partition coefficient (Wildman–Crippen LogP) is -0.351. The van der Waals surface area contributed by atoms with E-state index in [1.165, 1.54) is 0 Å². The Labute approximate surface area is 87.2 Å². The van der Waals surface area contributed by atoms with E-state index < -0.39 is 0 Å². The molecule has 1 aromatic heterocycles. The Balaban J connectivity index is 2.32. The summed E-state index contributed by atoms with van der Waals surface area (Å²) in [7, 11) is 0. The third kappa shape index (κ3) is 1.94. The molecule has 5 N–H and O–H groups in total. The molecule has 0 aromatic carbocycles. The van der Waals surface area contributed by atoms with E-state index in [9.17, 15) is 5.21 Å². The highest BCUT2D eigenvalue weighted by molar-refractivity contribution is 5.30. The third-order valence-corrected chi connectivity index (χ3v) is 2.73. The molecule has 15 heavy (non-hydrogen) atoms. The maximum atomic E-state index is 9.26. The summed E-state index contributed by atoms with van der Waals surface area (Å²) in [6.45, 7) is 1.93. The minimum atomic E-state index is -0.205. The third-order valence-electron chi connectivity index (χ3n) is 2.73. The summed E-state index contributed by atoms with van der Waals surface area (Å²) in [5, 5.41) is 19.9. The summed E-state index contributed by atoms with van der Waals surface area (Å²) in [5.74, 6) is 0.516. The van der Waals surface area contributed by atoms with Gasteiger partial charge in [0.2, 0.25) is 0 Å². The fraction of sp³-hybridized carbons (Fsp3) is 0.556. The molecule has 0 atom stereocenters.